The molecule has 0 atom stereocenters. The first kappa shape index (κ1) is 13.9. The second kappa shape index (κ2) is 6.60. The van der Waals surface area contributed by atoms with Crippen molar-refractivity contribution in [1.82, 2.24) is 10.2 Å². The Kier molecular flexibility index (Phi) is 4.60. The minimum atomic E-state index is -0.532. The minimum Gasteiger partial charge on any atom is -0.464 e. The number of methoxy groups -OCH3 is 1. The van der Waals surface area contributed by atoms with E-state index in [4.69, 9.17) is 0 Å². The second-order valence-electron chi connectivity index (χ2n) is 4.06. The average Bonchev–Trinajstić information content (AvgIpc) is 2.49. The van der Waals surface area contributed by atoms with E-state index < -0.39 is 5.97 Å². The summed E-state index contributed by atoms with van der Waals surface area (Å²) in [5, 5.41) is 10.6. The molecule has 0 radical (unpaired) electrons. The fourth-order valence-electron chi connectivity index (χ4n) is 1.67. The summed E-state index contributed by atoms with van der Waals surface area (Å²) in [4.78, 5) is 11.2. The lowest BCUT2D eigenvalue weighted by molar-refractivity contribution is 0.0593. The van der Waals surface area contributed by atoms with Crippen molar-refractivity contribution in [2.45, 2.75) is 6.42 Å². The van der Waals surface area contributed by atoms with Crippen LogP contribution in [-0.2, 0) is 11.2 Å². The monoisotopic (exact) mass is 275 g/mol. The SMILES string of the molecule is COC(=O)c1ccc(NCCc2ccccc2F)nn1. The highest BCUT2D eigenvalue weighted by Gasteiger charge is 2.07. The van der Waals surface area contributed by atoms with Crippen molar-refractivity contribution in [3.05, 3.63) is 53.5 Å². The molecule has 5 nitrogen and oxygen atoms in total. The number of hydrogen-bond donors (Lipinski definition) is 1. The van der Waals surface area contributed by atoms with Gasteiger partial charge in [0.15, 0.2) is 5.69 Å². The summed E-state index contributed by atoms with van der Waals surface area (Å²) < 4.78 is 17.9. The summed E-state index contributed by atoms with van der Waals surface area (Å²) in [6, 6.07) is 9.76. The van der Waals surface area contributed by atoms with E-state index in [9.17, 15) is 9.18 Å². The van der Waals surface area contributed by atoms with Gasteiger partial charge in [-0.15, -0.1) is 10.2 Å². The average molecular weight is 275 g/mol. The molecule has 0 bridgehead atoms. The van der Waals surface area contributed by atoms with Crippen LogP contribution in [0.3, 0.4) is 0 Å². The van der Waals surface area contributed by atoms with Crippen molar-refractivity contribution in [1.29, 1.82) is 0 Å². The zero-order valence-corrected chi connectivity index (χ0v) is 11.0. The maximum Gasteiger partial charge on any atom is 0.358 e. The minimum absolute atomic E-state index is 0.146. The summed E-state index contributed by atoms with van der Waals surface area (Å²) >= 11 is 0. The molecule has 0 aliphatic carbocycles. The lowest BCUT2D eigenvalue weighted by Gasteiger charge is -2.06. The van der Waals surface area contributed by atoms with Crippen LogP contribution in [-0.4, -0.2) is 29.8 Å². The van der Waals surface area contributed by atoms with Crippen LogP contribution in [0.5, 0.6) is 0 Å². The highest BCUT2D eigenvalue weighted by molar-refractivity contribution is 5.86. The molecule has 1 N–H and O–H groups in total. The smallest absolute Gasteiger partial charge is 0.358 e. The van der Waals surface area contributed by atoms with E-state index in [2.05, 4.69) is 20.3 Å². The molecule has 1 aromatic heterocycles. The highest BCUT2D eigenvalue weighted by Crippen LogP contribution is 2.08. The molecule has 20 heavy (non-hydrogen) atoms. The summed E-state index contributed by atoms with van der Waals surface area (Å²) in [5.74, 6) is -0.231. The molecule has 0 unspecified atom stereocenters. The Morgan fingerprint density at radius 2 is 2.05 bits per heavy atom. The van der Waals surface area contributed by atoms with Gasteiger partial charge < -0.3 is 10.1 Å². The maximum atomic E-state index is 13.4. The Bertz CT molecular complexity index is 587. The summed E-state index contributed by atoms with van der Waals surface area (Å²) in [5.41, 5.74) is 0.784. The quantitative estimate of drug-likeness (QED) is 0.846. The Morgan fingerprint density at radius 3 is 2.70 bits per heavy atom. The van der Waals surface area contributed by atoms with Crippen molar-refractivity contribution in [3.63, 3.8) is 0 Å². The molecular formula is C14H14FN3O2. The molecule has 0 aliphatic rings. The normalized spacial score (nSPS) is 10.1. The third-order valence-corrected chi connectivity index (χ3v) is 2.72. The van der Waals surface area contributed by atoms with Crippen molar-refractivity contribution < 1.29 is 13.9 Å². The molecule has 0 aliphatic heterocycles. The van der Waals surface area contributed by atoms with Crippen LogP contribution in [0.15, 0.2) is 36.4 Å². The topological polar surface area (TPSA) is 64.1 Å². The van der Waals surface area contributed by atoms with Crippen LogP contribution in [0.2, 0.25) is 0 Å². The third-order valence-electron chi connectivity index (χ3n) is 2.72. The fourth-order valence-corrected chi connectivity index (χ4v) is 1.67. The van der Waals surface area contributed by atoms with E-state index in [0.29, 0.717) is 24.3 Å². The van der Waals surface area contributed by atoms with Gasteiger partial charge in [0.1, 0.15) is 11.6 Å². The standard InChI is InChI=1S/C14H14FN3O2/c1-20-14(19)12-6-7-13(18-17-12)16-9-8-10-4-2-3-5-11(10)15/h2-7H,8-9H2,1H3,(H,16,18). The molecule has 1 heterocycles. The van der Waals surface area contributed by atoms with Gasteiger partial charge in [0.25, 0.3) is 0 Å². The van der Waals surface area contributed by atoms with E-state index >= 15 is 0 Å². The van der Waals surface area contributed by atoms with Gasteiger partial charge in [0.2, 0.25) is 0 Å². The van der Waals surface area contributed by atoms with Crippen LogP contribution in [0.25, 0.3) is 0 Å². The van der Waals surface area contributed by atoms with Gasteiger partial charge in [-0.1, -0.05) is 18.2 Å². The van der Waals surface area contributed by atoms with E-state index in [1.54, 1.807) is 24.3 Å². The summed E-state index contributed by atoms with van der Waals surface area (Å²) in [6.07, 6.45) is 0.535. The van der Waals surface area contributed by atoms with Crippen LogP contribution in [0, 0.1) is 5.82 Å². The molecule has 6 heteroatoms. The third kappa shape index (κ3) is 3.50. The first-order chi connectivity index (χ1) is 9.70. The molecule has 2 aromatic rings. The number of aromatic nitrogens is 2. The van der Waals surface area contributed by atoms with Gasteiger partial charge in [-0.25, -0.2) is 9.18 Å². The first-order valence-electron chi connectivity index (χ1n) is 6.10. The molecule has 1 aromatic carbocycles. The number of esters is 1. The van der Waals surface area contributed by atoms with Crippen molar-refractivity contribution in [3.8, 4) is 0 Å². The molecule has 0 amide bonds. The van der Waals surface area contributed by atoms with Crippen LogP contribution in [0.4, 0.5) is 10.2 Å². The molecule has 104 valence electrons. The molecule has 0 saturated carbocycles. The number of nitrogens with one attached hydrogen (secondary N) is 1. The number of halogens is 1. The van der Waals surface area contributed by atoms with E-state index in [0.717, 1.165) is 0 Å². The number of anilines is 1. The van der Waals surface area contributed by atoms with Gasteiger partial charge in [0, 0.05) is 6.54 Å². The van der Waals surface area contributed by atoms with Crippen LogP contribution in [0.1, 0.15) is 16.1 Å². The second-order valence-corrected chi connectivity index (χ2v) is 4.06. The number of ether oxygens (including phenoxy) is 1. The van der Waals surface area contributed by atoms with E-state index in [1.807, 2.05) is 0 Å². The van der Waals surface area contributed by atoms with Crippen molar-refractivity contribution in [2.24, 2.45) is 0 Å². The number of rotatable bonds is 5. The maximum absolute atomic E-state index is 13.4. The number of carbonyl (C=O) groups is 1. The zero-order valence-electron chi connectivity index (χ0n) is 11.0. The van der Waals surface area contributed by atoms with Crippen LogP contribution >= 0.6 is 0 Å². The van der Waals surface area contributed by atoms with E-state index in [1.165, 1.54) is 19.2 Å². The molecule has 0 fully saturated rings. The fraction of sp³-hybridized carbons (Fsp3) is 0.214. The lowest BCUT2D eigenvalue weighted by atomic mass is 10.1. The largest absolute Gasteiger partial charge is 0.464 e. The Labute approximate surface area is 115 Å². The summed E-state index contributed by atoms with van der Waals surface area (Å²) in [7, 11) is 1.28. The predicted octanol–water partition coefficient (Wildman–Crippen LogP) is 2.06. The van der Waals surface area contributed by atoms with Gasteiger partial charge >= 0.3 is 5.97 Å². The number of hydrogen-bond acceptors (Lipinski definition) is 5. The Morgan fingerprint density at radius 1 is 1.25 bits per heavy atom. The first-order valence-corrected chi connectivity index (χ1v) is 6.10. The van der Waals surface area contributed by atoms with Crippen molar-refractivity contribution in [2.75, 3.05) is 19.0 Å². The lowest BCUT2D eigenvalue weighted by Crippen LogP contribution is -2.10. The van der Waals surface area contributed by atoms with Crippen LogP contribution < -0.4 is 5.32 Å². The van der Waals surface area contributed by atoms with Crippen molar-refractivity contribution >= 4 is 11.8 Å². The summed E-state index contributed by atoms with van der Waals surface area (Å²) in [6.45, 7) is 0.521. The van der Waals surface area contributed by atoms with Gasteiger partial charge in [-0.05, 0) is 30.2 Å². The molecule has 2 rings (SSSR count). The predicted molar refractivity (Wildman–Crippen MR) is 72.0 cm³/mol. The highest BCUT2D eigenvalue weighted by atomic mass is 19.1. The zero-order chi connectivity index (χ0) is 14.4. The number of nitrogens with zero attached hydrogens (tertiary/aromatic N) is 2. The molecule has 0 spiro atoms. The molecule has 0 saturated heterocycles. The number of carbonyl (C=O) groups excluding carboxylic acids is 1. The van der Waals surface area contributed by atoms with Gasteiger partial charge in [-0.3, -0.25) is 0 Å². The Hall–Kier alpha value is -2.50. The molecular weight excluding hydrogens is 261 g/mol. The van der Waals surface area contributed by atoms with Gasteiger partial charge in [0.05, 0.1) is 7.11 Å². The number of benzene rings is 1. The van der Waals surface area contributed by atoms with Gasteiger partial charge in [-0.2, -0.15) is 0 Å². The Balaban J connectivity index is 1.88. The van der Waals surface area contributed by atoms with E-state index in [-0.39, 0.29) is 11.5 Å².